The van der Waals surface area contributed by atoms with Crippen LogP contribution in [-0.2, 0) is 19.0 Å². The van der Waals surface area contributed by atoms with E-state index >= 15 is 0 Å². The van der Waals surface area contributed by atoms with Crippen LogP contribution in [0.4, 0.5) is 0 Å². The van der Waals surface area contributed by atoms with E-state index in [-0.39, 0.29) is 44.1 Å². The Labute approximate surface area is 209 Å². The first-order valence-corrected chi connectivity index (χ1v) is 12.7. The largest absolute Gasteiger partial charge is 0.458 e. The molecular weight excluding hydrogens is 456 g/mol. The van der Waals surface area contributed by atoms with Gasteiger partial charge >= 0.3 is 5.97 Å². The van der Waals surface area contributed by atoms with Gasteiger partial charge in [0.05, 0.1) is 30.8 Å². The summed E-state index contributed by atoms with van der Waals surface area (Å²) in [6, 6.07) is 0. The number of methoxy groups -OCH3 is 1. The first-order chi connectivity index (χ1) is 16.3. The quantitative estimate of drug-likeness (QED) is 0.280. The van der Waals surface area contributed by atoms with Gasteiger partial charge in [-0.2, -0.15) is 0 Å². The molecule has 0 aromatic rings. The molecule has 5 N–H and O–H groups in total. The van der Waals surface area contributed by atoms with Crippen LogP contribution in [0, 0.1) is 17.3 Å². The van der Waals surface area contributed by atoms with Crippen LogP contribution < -0.4 is 0 Å². The lowest BCUT2D eigenvalue weighted by molar-refractivity contribution is -0.377. The fraction of sp³-hybridized carbons (Fsp3) is 0.885. The van der Waals surface area contributed by atoms with E-state index in [1.54, 1.807) is 13.8 Å². The van der Waals surface area contributed by atoms with Crippen molar-refractivity contribution in [2.45, 2.75) is 116 Å². The molecule has 2 aliphatic rings. The van der Waals surface area contributed by atoms with Crippen LogP contribution in [0.25, 0.3) is 0 Å². The second kappa shape index (κ2) is 12.4. The van der Waals surface area contributed by atoms with Crippen LogP contribution in [0.1, 0.15) is 73.1 Å². The smallest absolute Gasteiger partial charge is 0.309 e. The Kier molecular flexibility index (Phi) is 10.7. The third-order valence-corrected chi connectivity index (χ3v) is 7.91. The van der Waals surface area contributed by atoms with Crippen molar-refractivity contribution in [2.75, 3.05) is 13.7 Å². The lowest BCUT2D eigenvalue weighted by Crippen LogP contribution is -2.67. The van der Waals surface area contributed by atoms with Gasteiger partial charge in [0.2, 0.25) is 5.79 Å². The number of rotatable bonds is 5. The molecule has 0 aromatic heterocycles. The maximum Gasteiger partial charge on any atom is 0.309 e. The van der Waals surface area contributed by atoms with Crippen LogP contribution in [0.15, 0.2) is 11.6 Å². The third kappa shape index (κ3) is 7.03. The van der Waals surface area contributed by atoms with Crippen LogP contribution in [0.3, 0.4) is 0 Å². The highest BCUT2D eigenvalue weighted by molar-refractivity contribution is 5.70. The molecule has 2 saturated heterocycles. The summed E-state index contributed by atoms with van der Waals surface area (Å²) in [6.07, 6.45) is -2.30. The Morgan fingerprint density at radius 3 is 2.43 bits per heavy atom. The summed E-state index contributed by atoms with van der Waals surface area (Å²) >= 11 is 0. The summed E-state index contributed by atoms with van der Waals surface area (Å²) in [5.74, 6) is -2.84. The summed E-state index contributed by atoms with van der Waals surface area (Å²) in [6.45, 7) is 8.98. The second-order valence-corrected chi connectivity index (χ2v) is 11.0. The molecule has 2 fully saturated rings. The number of cyclic esters (lactones) is 1. The Morgan fingerprint density at radius 1 is 1.20 bits per heavy atom. The van der Waals surface area contributed by atoms with Crippen molar-refractivity contribution in [3.63, 3.8) is 0 Å². The predicted octanol–water partition coefficient (Wildman–Crippen LogP) is 1.67. The number of aliphatic hydroxyl groups excluding tert-OH is 4. The van der Waals surface area contributed by atoms with E-state index in [0.29, 0.717) is 6.42 Å². The minimum atomic E-state index is -2.21. The topological polar surface area (TPSA) is 146 Å². The van der Waals surface area contributed by atoms with Crippen LogP contribution in [0.5, 0.6) is 0 Å². The molecule has 2 aliphatic heterocycles. The molecule has 0 aliphatic carbocycles. The van der Waals surface area contributed by atoms with Crippen molar-refractivity contribution >= 4 is 5.97 Å². The number of ether oxygens (including phenoxy) is 3. The van der Waals surface area contributed by atoms with Gasteiger partial charge in [-0.3, -0.25) is 4.79 Å². The lowest BCUT2D eigenvalue weighted by atomic mass is 9.70. The van der Waals surface area contributed by atoms with Gasteiger partial charge in [-0.15, -0.1) is 0 Å². The average molecular weight is 503 g/mol. The molecule has 0 saturated carbocycles. The average Bonchev–Trinajstić information content (AvgIpc) is 2.78. The molecule has 9 nitrogen and oxygen atoms in total. The van der Waals surface area contributed by atoms with Crippen LogP contribution in [0.2, 0.25) is 0 Å². The monoisotopic (exact) mass is 502 g/mol. The van der Waals surface area contributed by atoms with E-state index < -0.39 is 53.8 Å². The molecule has 204 valence electrons. The zero-order valence-electron chi connectivity index (χ0n) is 22.0. The molecule has 0 aromatic carbocycles. The standard InChI is InChI=1S/C26H46O9/c1-7-17(14-27)10-16(3)21-8-15(2)9-22(29)25(4,5)26(32)24(31)20(28)12-19(35-26)11-18(33-6)13-23(30)34-21/h10,15,17-22,24,27-29,31-32H,7-9,11-14H2,1-6H3/b16-10-/t15-,17-,18-,19+,20-,21+,22+,24-,26+/m1/s1. The number of fused-ring (bicyclic) bond motifs is 2. The maximum absolute atomic E-state index is 12.9. The van der Waals surface area contributed by atoms with Gasteiger partial charge in [0.1, 0.15) is 12.2 Å². The van der Waals surface area contributed by atoms with Gasteiger partial charge in [-0.05, 0) is 37.7 Å². The normalized spacial score (nSPS) is 40.5. The molecule has 9 heteroatoms. The third-order valence-electron chi connectivity index (χ3n) is 7.91. The van der Waals surface area contributed by atoms with Gasteiger partial charge in [0.25, 0.3) is 0 Å². The Hall–Kier alpha value is -1.07. The fourth-order valence-corrected chi connectivity index (χ4v) is 5.14. The summed E-state index contributed by atoms with van der Waals surface area (Å²) in [5, 5.41) is 53.5. The van der Waals surface area contributed by atoms with Gasteiger partial charge in [0, 0.05) is 37.9 Å². The number of carbonyl (C=O) groups is 1. The zero-order valence-corrected chi connectivity index (χ0v) is 22.0. The molecule has 0 amide bonds. The Morgan fingerprint density at radius 2 is 1.86 bits per heavy atom. The van der Waals surface area contributed by atoms with E-state index in [4.69, 9.17) is 14.2 Å². The zero-order chi connectivity index (χ0) is 26.6. The summed E-state index contributed by atoms with van der Waals surface area (Å²) in [7, 11) is 1.47. The van der Waals surface area contributed by atoms with E-state index in [2.05, 4.69) is 0 Å². The highest BCUT2D eigenvalue weighted by Crippen LogP contribution is 2.46. The molecule has 0 radical (unpaired) electrons. The van der Waals surface area contributed by atoms with Crippen molar-refractivity contribution < 1.29 is 44.5 Å². The summed E-state index contributed by atoms with van der Waals surface area (Å²) in [4.78, 5) is 12.9. The molecular formula is C26H46O9. The van der Waals surface area contributed by atoms with E-state index in [0.717, 1.165) is 12.0 Å². The molecule has 0 spiro atoms. The van der Waals surface area contributed by atoms with Crippen molar-refractivity contribution in [3.8, 4) is 0 Å². The number of carbonyl (C=O) groups excluding carboxylic acids is 1. The minimum absolute atomic E-state index is 0.00311. The molecule has 2 rings (SSSR count). The van der Waals surface area contributed by atoms with Gasteiger partial charge in [-0.1, -0.05) is 33.8 Å². The fourth-order valence-electron chi connectivity index (χ4n) is 5.14. The van der Waals surface area contributed by atoms with Crippen LogP contribution >= 0.6 is 0 Å². The molecule has 9 atom stereocenters. The predicted molar refractivity (Wildman–Crippen MR) is 129 cm³/mol. The van der Waals surface area contributed by atoms with Crippen LogP contribution in [-0.4, -0.2) is 87.6 Å². The minimum Gasteiger partial charge on any atom is -0.458 e. The highest BCUT2D eigenvalue weighted by Gasteiger charge is 2.59. The van der Waals surface area contributed by atoms with Gasteiger partial charge in [-0.25, -0.2) is 0 Å². The number of hydrogen-bond donors (Lipinski definition) is 5. The molecule has 2 heterocycles. The molecule has 35 heavy (non-hydrogen) atoms. The second-order valence-electron chi connectivity index (χ2n) is 11.0. The summed E-state index contributed by atoms with van der Waals surface area (Å²) < 4.78 is 17.3. The molecule has 0 unspecified atom stereocenters. The SMILES string of the molecule is CC[C@H](/C=C(/C)[C@@H]1C[C@@H](C)C[C@H](O)C(C)(C)[C@@]2(O)O[C@@H](C[C@@H](OC)CC(=O)O1)C[C@@H](O)[C@H]2O)CO. The Balaban J connectivity index is 2.43. The number of hydrogen-bond acceptors (Lipinski definition) is 9. The van der Waals surface area contributed by atoms with E-state index in [1.165, 1.54) is 7.11 Å². The van der Waals surface area contributed by atoms with Crippen molar-refractivity contribution in [2.24, 2.45) is 17.3 Å². The van der Waals surface area contributed by atoms with Crippen molar-refractivity contribution in [1.82, 2.24) is 0 Å². The first-order valence-electron chi connectivity index (χ1n) is 12.7. The van der Waals surface area contributed by atoms with Crippen molar-refractivity contribution in [1.29, 1.82) is 0 Å². The number of esters is 1. The first kappa shape index (κ1) is 30.2. The number of aliphatic hydroxyl groups is 5. The van der Waals surface area contributed by atoms with Gasteiger partial charge < -0.3 is 39.7 Å². The maximum atomic E-state index is 12.9. The summed E-state index contributed by atoms with van der Waals surface area (Å²) in [5.41, 5.74) is -0.493. The Bertz CT molecular complexity index is 720. The lowest BCUT2D eigenvalue weighted by Gasteiger charge is -2.53. The molecule has 2 bridgehead atoms. The van der Waals surface area contributed by atoms with Gasteiger partial charge in [0.15, 0.2) is 0 Å². The highest BCUT2D eigenvalue weighted by atomic mass is 16.7. The van der Waals surface area contributed by atoms with Crippen molar-refractivity contribution in [3.05, 3.63) is 11.6 Å². The van der Waals surface area contributed by atoms with E-state index in [1.807, 2.05) is 26.8 Å². The van der Waals surface area contributed by atoms with E-state index in [9.17, 15) is 30.3 Å².